The summed E-state index contributed by atoms with van der Waals surface area (Å²) in [6, 6.07) is 3.72. The lowest BCUT2D eigenvalue weighted by molar-refractivity contribution is -0.129. The lowest BCUT2D eigenvalue weighted by Crippen LogP contribution is -2.29. The molecule has 0 aliphatic carbocycles. The summed E-state index contributed by atoms with van der Waals surface area (Å²) in [5, 5.41) is 4.43. The Labute approximate surface area is 117 Å². The van der Waals surface area contributed by atoms with Crippen molar-refractivity contribution in [1.29, 1.82) is 0 Å². The van der Waals surface area contributed by atoms with Gasteiger partial charge >= 0.3 is 0 Å². The first kappa shape index (κ1) is 12.8. The molecule has 0 unspecified atom stereocenters. The highest BCUT2D eigenvalue weighted by atomic mass is 16.2. The van der Waals surface area contributed by atoms with Gasteiger partial charge < -0.3 is 4.90 Å². The van der Waals surface area contributed by atoms with E-state index in [9.17, 15) is 4.79 Å². The van der Waals surface area contributed by atoms with E-state index in [1.807, 2.05) is 30.9 Å². The van der Waals surface area contributed by atoms with Crippen LogP contribution in [-0.4, -0.2) is 37.1 Å². The van der Waals surface area contributed by atoms with Crippen LogP contribution in [-0.2, 0) is 4.79 Å². The van der Waals surface area contributed by atoms with Crippen molar-refractivity contribution >= 4 is 5.91 Å². The number of pyridine rings is 1. The first-order valence-electron chi connectivity index (χ1n) is 6.80. The summed E-state index contributed by atoms with van der Waals surface area (Å²) in [5.41, 5.74) is 0.863. The zero-order valence-corrected chi connectivity index (χ0v) is 11.7. The molecule has 1 aliphatic rings. The van der Waals surface area contributed by atoms with Gasteiger partial charge in [0.1, 0.15) is 5.82 Å². The van der Waals surface area contributed by atoms with E-state index >= 15 is 0 Å². The first-order chi connectivity index (χ1) is 9.66. The zero-order valence-electron chi connectivity index (χ0n) is 11.7. The van der Waals surface area contributed by atoms with Crippen LogP contribution < -0.4 is 0 Å². The van der Waals surface area contributed by atoms with Crippen molar-refractivity contribution in [3.05, 3.63) is 36.2 Å². The Balaban J connectivity index is 1.99. The van der Waals surface area contributed by atoms with E-state index in [1.54, 1.807) is 17.1 Å². The maximum Gasteiger partial charge on any atom is 0.223 e. The van der Waals surface area contributed by atoms with Crippen molar-refractivity contribution in [2.45, 2.75) is 32.7 Å². The number of aryl methyl sites for hydroxylation is 1. The maximum absolute atomic E-state index is 11.9. The van der Waals surface area contributed by atoms with E-state index in [4.69, 9.17) is 0 Å². The van der Waals surface area contributed by atoms with Gasteiger partial charge in [-0.15, -0.1) is 0 Å². The Morgan fingerprint density at radius 1 is 1.40 bits per heavy atom. The normalized spacial score (nSPS) is 16.7. The SMILES string of the molecule is Cc1nc([C@H](C)N2CCCC2=O)n(-c2cccnc2)n1. The summed E-state index contributed by atoms with van der Waals surface area (Å²) in [6.07, 6.45) is 5.02. The highest BCUT2D eigenvalue weighted by molar-refractivity contribution is 5.78. The van der Waals surface area contributed by atoms with E-state index in [1.165, 1.54) is 0 Å². The van der Waals surface area contributed by atoms with E-state index in [2.05, 4.69) is 15.1 Å². The summed E-state index contributed by atoms with van der Waals surface area (Å²) in [6.45, 7) is 4.65. The minimum Gasteiger partial charge on any atom is -0.333 e. The second-order valence-electron chi connectivity index (χ2n) is 5.01. The van der Waals surface area contributed by atoms with E-state index in [0.717, 1.165) is 24.5 Å². The second kappa shape index (κ2) is 5.03. The smallest absolute Gasteiger partial charge is 0.223 e. The van der Waals surface area contributed by atoms with Crippen LogP contribution in [0.25, 0.3) is 5.69 Å². The molecule has 1 amide bonds. The molecular weight excluding hydrogens is 254 g/mol. The Bertz CT molecular complexity index is 622. The maximum atomic E-state index is 11.9. The second-order valence-corrected chi connectivity index (χ2v) is 5.01. The van der Waals surface area contributed by atoms with Crippen LogP contribution in [0.2, 0.25) is 0 Å². The Hall–Kier alpha value is -2.24. The van der Waals surface area contributed by atoms with Crippen LogP contribution in [0.15, 0.2) is 24.5 Å². The molecule has 0 saturated carbocycles. The number of nitrogens with zero attached hydrogens (tertiary/aromatic N) is 5. The Morgan fingerprint density at radius 2 is 2.25 bits per heavy atom. The van der Waals surface area contributed by atoms with Gasteiger partial charge in [0.15, 0.2) is 5.82 Å². The summed E-state index contributed by atoms with van der Waals surface area (Å²) < 4.78 is 1.78. The number of hydrogen-bond acceptors (Lipinski definition) is 4. The third-order valence-corrected chi connectivity index (χ3v) is 3.58. The van der Waals surface area contributed by atoms with Crippen LogP contribution in [0.4, 0.5) is 0 Å². The minimum atomic E-state index is -0.0774. The Kier molecular flexibility index (Phi) is 3.22. The lowest BCUT2D eigenvalue weighted by Gasteiger charge is -2.23. The fourth-order valence-electron chi connectivity index (χ4n) is 2.59. The van der Waals surface area contributed by atoms with Gasteiger partial charge in [0.25, 0.3) is 0 Å². The van der Waals surface area contributed by atoms with Gasteiger partial charge in [0.05, 0.1) is 17.9 Å². The predicted molar refractivity (Wildman–Crippen MR) is 73.3 cm³/mol. The predicted octanol–water partition coefficient (Wildman–Crippen LogP) is 1.65. The molecule has 1 atom stereocenters. The highest BCUT2D eigenvalue weighted by Gasteiger charge is 2.29. The number of carbonyl (C=O) groups is 1. The average Bonchev–Trinajstić information content (AvgIpc) is 3.05. The van der Waals surface area contributed by atoms with Gasteiger partial charge in [-0.25, -0.2) is 9.67 Å². The van der Waals surface area contributed by atoms with E-state index in [0.29, 0.717) is 12.2 Å². The van der Waals surface area contributed by atoms with Crippen LogP contribution >= 0.6 is 0 Å². The fourth-order valence-corrected chi connectivity index (χ4v) is 2.59. The number of rotatable bonds is 3. The molecule has 104 valence electrons. The van der Waals surface area contributed by atoms with E-state index < -0.39 is 0 Å². The summed E-state index contributed by atoms with van der Waals surface area (Å²) >= 11 is 0. The number of hydrogen-bond donors (Lipinski definition) is 0. The zero-order chi connectivity index (χ0) is 14.1. The molecule has 3 rings (SSSR count). The van der Waals surface area contributed by atoms with Crippen molar-refractivity contribution in [2.75, 3.05) is 6.54 Å². The number of amides is 1. The molecule has 0 aromatic carbocycles. The van der Waals surface area contributed by atoms with E-state index in [-0.39, 0.29) is 11.9 Å². The number of likely N-dealkylation sites (tertiary alicyclic amines) is 1. The molecule has 1 saturated heterocycles. The van der Waals surface area contributed by atoms with Gasteiger partial charge in [-0.05, 0) is 32.4 Å². The molecule has 0 radical (unpaired) electrons. The fraction of sp³-hybridized carbons (Fsp3) is 0.429. The minimum absolute atomic E-state index is 0.0774. The summed E-state index contributed by atoms with van der Waals surface area (Å²) in [4.78, 5) is 22.4. The van der Waals surface area contributed by atoms with Crippen molar-refractivity contribution in [3.63, 3.8) is 0 Å². The molecule has 20 heavy (non-hydrogen) atoms. The van der Waals surface area contributed by atoms with Crippen LogP contribution in [0.1, 0.15) is 37.5 Å². The quantitative estimate of drug-likeness (QED) is 0.851. The van der Waals surface area contributed by atoms with Crippen molar-refractivity contribution in [2.24, 2.45) is 0 Å². The van der Waals surface area contributed by atoms with Crippen molar-refractivity contribution < 1.29 is 4.79 Å². The molecular formula is C14H17N5O. The third kappa shape index (κ3) is 2.17. The van der Waals surface area contributed by atoms with Crippen LogP contribution in [0, 0.1) is 6.92 Å². The molecule has 3 heterocycles. The molecule has 0 spiro atoms. The van der Waals surface area contributed by atoms with Gasteiger partial charge in [-0.3, -0.25) is 9.78 Å². The molecule has 2 aromatic rings. The van der Waals surface area contributed by atoms with Gasteiger partial charge in [0, 0.05) is 19.2 Å². The van der Waals surface area contributed by atoms with Crippen molar-refractivity contribution in [1.82, 2.24) is 24.6 Å². The Morgan fingerprint density at radius 3 is 2.90 bits per heavy atom. The summed E-state index contributed by atoms with van der Waals surface area (Å²) in [5.74, 6) is 1.67. The standard InChI is InChI=1S/C14H17N5O/c1-10(18-8-4-6-13(18)20)14-16-11(2)17-19(14)12-5-3-7-15-9-12/h3,5,7,9-10H,4,6,8H2,1-2H3/t10-/m0/s1. The summed E-state index contributed by atoms with van der Waals surface area (Å²) in [7, 11) is 0. The number of carbonyl (C=O) groups excluding carboxylic acids is 1. The van der Waals surface area contributed by atoms with Gasteiger partial charge in [-0.2, -0.15) is 5.10 Å². The lowest BCUT2D eigenvalue weighted by atomic mass is 10.2. The molecule has 6 nitrogen and oxygen atoms in total. The average molecular weight is 271 g/mol. The van der Waals surface area contributed by atoms with Gasteiger partial charge in [-0.1, -0.05) is 0 Å². The molecule has 6 heteroatoms. The molecule has 1 fully saturated rings. The van der Waals surface area contributed by atoms with Gasteiger partial charge in [0.2, 0.25) is 5.91 Å². The number of aromatic nitrogens is 4. The largest absolute Gasteiger partial charge is 0.333 e. The van der Waals surface area contributed by atoms with Crippen molar-refractivity contribution in [3.8, 4) is 5.69 Å². The third-order valence-electron chi connectivity index (χ3n) is 3.58. The highest BCUT2D eigenvalue weighted by Crippen LogP contribution is 2.25. The topological polar surface area (TPSA) is 63.9 Å². The first-order valence-corrected chi connectivity index (χ1v) is 6.80. The monoisotopic (exact) mass is 271 g/mol. The van der Waals surface area contributed by atoms with Crippen LogP contribution in [0.5, 0.6) is 0 Å². The molecule has 0 bridgehead atoms. The molecule has 0 N–H and O–H groups in total. The molecule has 1 aliphatic heterocycles. The van der Waals surface area contributed by atoms with Crippen LogP contribution in [0.3, 0.4) is 0 Å². The molecule has 2 aromatic heterocycles.